The number of hydrogen-bond donors (Lipinski definition) is 0. The maximum atomic E-state index is 12.7. The predicted molar refractivity (Wildman–Crippen MR) is 100 cm³/mol. The summed E-state index contributed by atoms with van der Waals surface area (Å²) >= 11 is 1.43. The molecule has 136 valence electrons. The van der Waals surface area contributed by atoms with Gasteiger partial charge in [-0.1, -0.05) is 0 Å². The van der Waals surface area contributed by atoms with E-state index in [1.807, 2.05) is 27.1 Å². The monoisotopic (exact) mass is 371 g/mol. The van der Waals surface area contributed by atoms with Crippen molar-refractivity contribution < 1.29 is 9.53 Å². The molecule has 0 bridgehead atoms. The lowest BCUT2D eigenvalue weighted by atomic mass is 10.1. The molecule has 0 aromatic carbocycles. The van der Waals surface area contributed by atoms with Crippen LogP contribution in [0, 0.1) is 13.8 Å². The normalized spacial score (nSPS) is 10.8. The van der Waals surface area contributed by atoms with Crippen LogP contribution in [0.1, 0.15) is 27.3 Å². The lowest BCUT2D eigenvalue weighted by Gasteiger charge is -2.18. The molecule has 0 atom stereocenters. The van der Waals surface area contributed by atoms with Crippen molar-refractivity contribution >= 4 is 17.2 Å². The molecule has 0 aliphatic heterocycles. The van der Waals surface area contributed by atoms with E-state index in [0.717, 1.165) is 33.1 Å². The minimum Gasteiger partial charge on any atom is -0.496 e. The zero-order valence-electron chi connectivity index (χ0n) is 15.5. The van der Waals surface area contributed by atoms with Crippen LogP contribution in [0.3, 0.4) is 0 Å². The first-order chi connectivity index (χ1) is 12.4. The van der Waals surface area contributed by atoms with E-state index in [2.05, 4.69) is 15.1 Å². The van der Waals surface area contributed by atoms with Crippen LogP contribution < -0.4 is 4.74 Å². The van der Waals surface area contributed by atoms with E-state index in [1.165, 1.54) is 11.3 Å². The second kappa shape index (κ2) is 7.25. The quantitative estimate of drug-likeness (QED) is 0.689. The largest absolute Gasteiger partial charge is 0.496 e. The number of aromatic nitrogens is 4. The van der Waals surface area contributed by atoms with Crippen LogP contribution in [-0.4, -0.2) is 44.7 Å². The molecule has 0 spiro atoms. The van der Waals surface area contributed by atoms with Gasteiger partial charge in [0.2, 0.25) is 0 Å². The molecule has 0 aliphatic rings. The number of rotatable bonds is 5. The van der Waals surface area contributed by atoms with Crippen molar-refractivity contribution in [2.45, 2.75) is 20.4 Å². The van der Waals surface area contributed by atoms with Gasteiger partial charge >= 0.3 is 0 Å². The van der Waals surface area contributed by atoms with Crippen LogP contribution in [0.4, 0.5) is 0 Å². The molecule has 0 aliphatic carbocycles. The highest BCUT2D eigenvalue weighted by atomic mass is 32.1. The summed E-state index contributed by atoms with van der Waals surface area (Å²) < 4.78 is 7.15. The molecule has 0 unspecified atom stereocenters. The topological polar surface area (TPSA) is 73.1 Å². The van der Waals surface area contributed by atoms with Gasteiger partial charge in [-0.2, -0.15) is 5.10 Å². The summed E-state index contributed by atoms with van der Waals surface area (Å²) in [6.45, 7) is 4.30. The number of thiazole rings is 1. The number of carbonyl (C=O) groups excluding carboxylic acids is 1. The predicted octanol–water partition coefficient (Wildman–Crippen LogP) is 2.84. The van der Waals surface area contributed by atoms with Crippen molar-refractivity contribution in [2.24, 2.45) is 7.05 Å². The number of amides is 1. The SMILES string of the molecule is COc1c(C)cnc(CN(C)C(=O)c2csc(-c3cnn(C)c3)n2)c1C. The summed E-state index contributed by atoms with van der Waals surface area (Å²) in [5.74, 6) is 0.667. The van der Waals surface area contributed by atoms with Gasteiger partial charge in [-0.3, -0.25) is 14.5 Å². The minimum atomic E-state index is -0.142. The van der Waals surface area contributed by atoms with Gasteiger partial charge in [0.15, 0.2) is 0 Å². The molecule has 0 N–H and O–H groups in total. The standard InChI is InChI=1S/C18H21N5O2S/c1-11-6-19-14(12(2)16(11)25-5)9-22(3)18(24)15-10-26-17(21-15)13-7-20-23(4)8-13/h6-8,10H,9H2,1-5H3. The zero-order chi connectivity index (χ0) is 18.8. The van der Waals surface area contributed by atoms with Crippen LogP contribution in [0.2, 0.25) is 0 Å². The lowest BCUT2D eigenvalue weighted by Crippen LogP contribution is -2.27. The molecule has 3 rings (SSSR count). The molecule has 0 saturated heterocycles. The van der Waals surface area contributed by atoms with Gasteiger partial charge in [0.05, 0.1) is 25.5 Å². The molecular formula is C18H21N5O2S. The van der Waals surface area contributed by atoms with Gasteiger partial charge < -0.3 is 9.64 Å². The van der Waals surface area contributed by atoms with E-state index in [1.54, 1.807) is 41.5 Å². The molecule has 3 aromatic rings. The first kappa shape index (κ1) is 18.1. The summed E-state index contributed by atoms with van der Waals surface area (Å²) in [6, 6.07) is 0. The van der Waals surface area contributed by atoms with E-state index in [9.17, 15) is 4.79 Å². The third-order valence-electron chi connectivity index (χ3n) is 4.16. The fourth-order valence-electron chi connectivity index (χ4n) is 2.76. The van der Waals surface area contributed by atoms with Gasteiger partial charge in [0.25, 0.3) is 5.91 Å². The Morgan fingerprint density at radius 1 is 1.35 bits per heavy atom. The van der Waals surface area contributed by atoms with Gasteiger partial charge in [0.1, 0.15) is 16.5 Å². The highest BCUT2D eigenvalue weighted by Gasteiger charge is 2.19. The maximum Gasteiger partial charge on any atom is 0.273 e. The van der Waals surface area contributed by atoms with E-state index >= 15 is 0 Å². The zero-order valence-corrected chi connectivity index (χ0v) is 16.3. The van der Waals surface area contributed by atoms with Crippen molar-refractivity contribution in [3.63, 3.8) is 0 Å². The Morgan fingerprint density at radius 3 is 2.77 bits per heavy atom. The average Bonchev–Trinajstić information content (AvgIpc) is 3.26. The van der Waals surface area contributed by atoms with Gasteiger partial charge in [-0.25, -0.2) is 4.98 Å². The second-order valence-corrected chi connectivity index (χ2v) is 7.01. The number of carbonyl (C=O) groups is 1. The minimum absolute atomic E-state index is 0.142. The van der Waals surface area contributed by atoms with Crippen LogP contribution in [0.5, 0.6) is 5.75 Å². The number of ether oxygens (including phenoxy) is 1. The summed E-state index contributed by atoms with van der Waals surface area (Å²) in [5.41, 5.74) is 4.06. The van der Waals surface area contributed by atoms with E-state index in [0.29, 0.717) is 12.2 Å². The molecule has 0 radical (unpaired) electrons. The fraction of sp³-hybridized carbons (Fsp3) is 0.333. The molecule has 26 heavy (non-hydrogen) atoms. The first-order valence-corrected chi connectivity index (χ1v) is 8.97. The smallest absolute Gasteiger partial charge is 0.273 e. The highest BCUT2D eigenvalue weighted by molar-refractivity contribution is 7.13. The Labute approximate surface area is 156 Å². The molecule has 3 heterocycles. The fourth-order valence-corrected chi connectivity index (χ4v) is 3.53. The van der Waals surface area contributed by atoms with Crippen LogP contribution in [0.25, 0.3) is 10.6 Å². The molecule has 8 heteroatoms. The van der Waals surface area contributed by atoms with E-state index in [-0.39, 0.29) is 5.91 Å². The van der Waals surface area contributed by atoms with E-state index < -0.39 is 0 Å². The maximum absolute atomic E-state index is 12.7. The first-order valence-electron chi connectivity index (χ1n) is 8.09. The van der Waals surface area contributed by atoms with Crippen LogP contribution in [-0.2, 0) is 13.6 Å². The molecule has 1 amide bonds. The van der Waals surface area contributed by atoms with Crippen molar-refractivity contribution in [1.82, 2.24) is 24.6 Å². The van der Waals surface area contributed by atoms with Crippen molar-refractivity contribution in [1.29, 1.82) is 0 Å². The Kier molecular flexibility index (Phi) is 5.03. The van der Waals surface area contributed by atoms with Gasteiger partial charge in [-0.15, -0.1) is 11.3 Å². The van der Waals surface area contributed by atoms with Crippen molar-refractivity contribution in [3.05, 3.63) is 46.5 Å². The molecule has 7 nitrogen and oxygen atoms in total. The average molecular weight is 371 g/mol. The highest BCUT2D eigenvalue weighted by Crippen LogP contribution is 2.26. The number of aryl methyl sites for hydroxylation is 2. The number of nitrogens with zero attached hydrogens (tertiary/aromatic N) is 5. The number of methoxy groups -OCH3 is 1. The van der Waals surface area contributed by atoms with Crippen LogP contribution >= 0.6 is 11.3 Å². The summed E-state index contributed by atoms with van der Waals surface area (Å²) in [6.07, 6.45) is 5.38. The lowest BCUT2D eigenvalue weighted by molar-refractivity contribution is 0.0778. The molecule has 0 fully saturated rings. The number of hydrogen-bond acceptors (Lipinski definition) is 6. The third-order valence-corrected chi connectivity index (χ3v) is 5.05. The Hall–Kier alpha value is -2.74. The summed E-state index contributed by atoms with van der Waals surface area (Å²) in [7, 11) is 5.24. The molecule has 0 saturated carbocycles. The Bertz CT molecular complexity index is 947. The van der Waals surface area contributed by atoms with Gasteiger partial charge in [-0.05, 0) is 13.8 Å². The van der Waals surface area contributed by atoms with Crippen molar-refractivity contribution in [2.75, 3.05) is 14.2 Å². The van der Waals surface area contributed by atoms with Crippen molar-refractivity contribution in [3.8, 4) is 16.3 Å². The second-order valence-electron chi connectivity index (χ2n) is 6.15. The van der Waals surface area contributed by atoms with Gasteiger partial charge in [0, 0.05) is 48.6 Å². The Morgan fingerprint density at radius 2 is 2.12 bits per heavy atom. The molecular weight excluding hydrogens is 350 g/mol. The van der Waals surface area contributed by atoms with E-state index in [4.69, 9.17) is 4.74 Å². The molecule has 3 aromatic heterocycles. The number of pyridine rings is 1. The van der Waals surface area contributed by atoms with Crippen LogP contribution in [0.15, 0.2) is 24.0 Å². The summed E-state index contributed by atoms with van der Waals surface area (Å²) in [4.78, 5) is 23.2. The third kappa shape index (κ3) is 3.45. The summed E-state index contributed by atoms with van der Waals surface area (Å²) in [5, 5.41) is 6.69. The Balaban J connectivity index is 1.78.